The summed E-state index contributed by atoms with van der Waals surface area (Å²) < 4.78 is 0.861. The van der Waals surface area contributed by atoms with E-state index in [9.17, 15) is 9.59 Å². The van der Waals surface area contributed by atoms with Gasteiger partial charge in [0.1, 0.15) is 10.4 Å². The van der Waals surface area contributed by atoms with Crippen LogP contribution in [0, 0.1) is 0 Å². The molecule has 2 rings (SSSR count). The van der Waals surface area contributed by atoms with Crippen molar-refractivity contribution in [3.8, 4) is 0 Å². The quantitative estimate of drug-likeness (QED) is 0.600. The predicted molar refractivity (Wildman–Crippen MR) is 74.0 cm³/mol. The average Bonchev–Trinajstić information content (AvgIpc) is 2.72. The van der Waals surface area contributed by atoms with Crippen LogP contribution in [0.3, 0.4) is 0 Å². The Morgan fingerprint density at radius 1 is 1.32 bits per heavy atom. The van der Waals surface area contributed by atoms with Gasteiger partial charge in [-0.2, -0.15) is 0 Å². The van der Waals surface area contributed by atoms with Crippen LogP contribution in [-0.2, 0) is 0 Å². The molecular formula is C11H13N5O2S. The van der Waals surface area contributed by atoms with E-state index in [1.165, 1.54) is 11.3 Å². The molecule has 0 saturated heterocycles. The fourth-order valence-corrected chi connectivity index (χ4v) is 2.56. The SMILES string of the molecule is NC(=O)NCCNC(=O)c1sc2cccnc2c1N. The first-order valence-electron chi connectivity index (χ1n) is 5.54. The first-order valence-corrected chi connectivity index (χ1v) is 6.35. The Morgan fingerprint density at radius 2 is 2.05 bits per heavy atom. The Balaban J connectivity index is 2.05. The average molecular weight is 279 g/mol. The number of thiophene rings is 1. The standard InChI is InChI=1S/C11H13N5O2S/c12-7-8-6(2-1-3-14-8)19-9(7)10(17)15-4-5-16-11(13)18/h1-3H,4-5,12H2,(H,15,17)(H3,13,16,18). The minimum absolute atomic E-state index is 0.268. The number of nitrogens with one attached hydrogen (secondary N) is 2. The van der Waals surface area contributed by atoms with Gasteiger partial charge < -0.3 is 22.1 Å². The van der Waals surface area contributed by atoms with Crippen LogP contribution in [0.1, 0.15) is 9.67 Å². The first kappa shape index (κ1) is 13.1. The van der Waals surface area contributed by atoms with Crippen LogP contribution < -0.4 is 22.1 Å². The maximum atomic E-state index is 11.9. The van der Waals surface area contributed by atoms with E-state index in [4.69, 9.17) is 11.5 Å². The smallest absolute Gasteiger partial charge is 0.312 e. The zero-order chi connectivity index (χ0) is 13.8. The molecule has 19 heavy (non-hydrogen) atoms. The van der Waals surface area contributed by atoms with Crippen molar-refractivity contribution in [3.63, 3.8) is 0 Å². The molecule has 2 aromatic heterocycles. The van der Waals surface area contributed by atoms with Crippen molar-refractivity contribution >= 4 is 39.2 Å². The van der Waals surface area contributed by atoms with Gasteiger partial charge >= 0.3 is 6.03 Å². The second-order valence-corrected chi connectivity index (χ2v) is 4.79. The lowest BCUT2D eigenvalue weighted by Gasteiger charge is -2.04. The highest BCUT2D eigenvalue weighted by molar-refractivity contribution is 7.21. The summed E-state index contributed by atoms with van der Waals surface area (Å²) in [6, 6.07) is 3.02. The van der Waals surface area contributed by atoms with Crippen molar-refractivity contribution in [2.75, 3.05) is 18.8 Å². The van der Waals surface area contributed by atoms with Gasteiger partial charge in [-0.05, 0) is 12.1 Å². The number of rotatable bonds is 4. The van der Waals surface area contributed by atoms with Gasteiger partial charge in [0.25, 0.3) is 5.91 Å². The number of carbonyl (C=O) groups is 2. The van der Waals surface area contributed by atoms with Crippen LogP contribution in [0.25, 0.3) is 10.2 Å². The van der Waals surface area contributed by atoms with Crippen LogP contribution in [0.2, 0.25) is 0 Å². The van der Waals surface area contributed by atoms with Gasteiger partial charge in [0.15, 0.2) is 0 Å². The zero-order valence-corrected chi connectivity index (χ0v) is 10.8. The van der Waals surface area contributed by atoms with E-state index in [1.54, 1.807) is 12.3 Å². The number of hydrogen-bond acceptors (Lipinski definition) is 5. The lowest BCUT2D eigenvalue weighted by Crippen LogP contribution is -2.37. The summed E-state index contributed by atoms with van der Waals surface area (Å²) in [6.07, 6.45) is 1.63. The Hall–Kier alpha value is -2.35. The fourth-order valence-electron chi connectivity index (χ4n) is 1.56. The minimum Gasteiger partial charge on any atom is -0.396 e. The molecular weight excluding hydrogens is 266 g/mol. The molecule has 0 radical (unpaired) electrons. The Morgan fingerprint density at radius 3 is 2.74 bits per heavy atom. The third-order valence-electron chi connectivity index (χ3n) is 2.40. The molecule has 0 spiro atoms. The number of nitrogens with two attached hydrogens (primary N) is 2. The van der Waals surface area contributed by atoms with Crippen molar-refractivity contribution in [1.29, 1.82) is 0 Å². The second-order valence-electron chi connectivity index (χ2n) is 3.74. The molecule has 0 aliphatic rings. The molecule has 3 amide bonds. The number of carbonyl (C=O) groups excluding carboxylic acids is 2. The van der Waals surface area contributed by atoms with E-state index >= 15 is 0 Å². The summed E-state index contributed by atoms with van der Waals surface area (Å²) in [5, 5.41) is 5.03. The van der Waals surface area contributed by atoms with Crippen molar-refractivity contribution in [2.45, 2.75) is 0 Å². The molecule has 0 aliphatic heterocycles. The molecule has 2 heterocycles. The highest BCUT2D eigenvalue weighted by Gasteiger charge is 2.16. The lowest BCUT2D eigenvalue weighted by atomic mass is 10.3. The van der Waals surface area contributed by atoms with E-state index in [1.807, 2.05) is 6.07 Å². The molecule has 0 bridgehead atoms. The Labute approximate surface area is 113 Å². The normalized spacial score (nSPS) is 10.3. The predicted octanol–water partition coefficient (Wildman–Crippen LogP) is 0.277. The van der Waals surface area contributed by atoms with Crippen LogP contribution in [0.5, 0.6) is 0 Å². The van der Waals surface area contributed by atoms with Gasteiger partial charge in [0.05, 0.1) is 10.4 Å². The van der Waals surface area contributed by atoms with Crippen molar-refractivity contribution in [3.05, 3.63) is 23.2 Å². The number of urea groups is 1. The summed E-state index contributed by atoms with van der Waals surface area (Å²) in [6.45, 7) is 0.549. The minimum atomic E-state index is -0.625. The third kappa shape index (κ3) is 2.91. The van der Waals surface area contributed by atoms with Gasteiger partial charge in [-0.3, -0.25) is 9.78 Å². The molecule has 0 atom stereocenters. The summed E-state index contributed by atoms with van der Waals surface area (Å²) >= 11 is 1.28. The largest absolute Gasteiger partial charge is 0.396 e. The number of nitrogens with zero attached hydrogens (tertiary/aromatic N) is 1. The van der Waals surface area contributed by atoms with Crippen molar-refractivity contribution in [2.24, 2.45) is 5.73 Å². The lowest BCUT2D eigenvalue weighted by molar-refractivity contribution is 0.0959. The number of nitrogen functional groups attached to an aromatic ring is 1. The van der Waals surface area contributed by atoms with Crippen LogP contribution in [-0.4, -0.2) is 30.0 Å². The molecule has 0 aromatic carbocycles. The van der Waals surface area contributed by atoms with Crippen LogP contribution >= 0.6 is 11.3 Å². The second kappa shape index (κ2) is 5.53. The molecule has 0 unspecified atom stereocenters. The van der Waals surface area contributed by atoms with Gasteiger partial charge in [0.2, 0.25) is 0 Å². The van der Waals surface area contributed by atoms with Gasteiger partial charge in [-0.15, -0.1) is 11.3 Å². The third-order valence-corrected chi connectivity index (χ3v) is 3.56. The summed E-state index contributed by atoms with van der Waals surface area (Å²) in [4.78, 5) is 26.9. The van der Waals surface area contributed by atoms with Gasteiger partial charge in [0, 0.05) is 19.3 Å². The fraction of sp³-hybridized carbons (Fsp3) is 0.182. The first-order chi connectivity index (χ1) is 9.09. The number of primary amides is 1. The summed E-state index contributed by atoms with van der Waals surface area (Å²) in [5.74, 6) is -0.285. The highest BCUT2D eigenvalue weighted by atomic mass is 32.1. The van der Waals surface area contributed by atoms with E-state index in [-0.39, 0.29) is 19.0 Å². The number of aromatic nitrogens is 1. The number of hydrogen-bond donors (Lipinski definition) is 4. The molecule has 0 fully saturated rings. The summed E-state index contributed by atoms with van der Waals surface area (Å²) in [7, 11) is 0. The highest BCUT2D eigenvalue weighted by Crippen LogP contribution is 2.31. The van der Waals surface area contributed by atoms with E-state index in [0.29, 0.717) is 16.1 Å². The van der Waals surface area contributed by atoms with E-state index in [2.05, 4.69) is 15.6 Å². The number of anilines is 1. The van der Waals surface area contributed by atoms with E-state index in [0.717, 1.165) is 4.70 Å². The molecule has 2 aromatic rings. The molecule has 0 aliphatic carbocycles. The molecule has 0 saturated carbocycles. The molecule has 8 heteroatoms. The number of amides is 3. The molecule has 100 valence electrons. The summed E-state index contributed by atoms with van der Waals surface area (Å²) in [5.41, 5.74) is 11.8. The van der Waals surface area contributed by atoms with Crippen molar-refractivity contribution < 1.29 is 9.59 Å². The van der Waals surface area contributed by atoms with Gasteiger partial charge in [-0.1, -0.05) is 0 Å². The topological polar surface area (TPSA) is 123 Å². The van der Waals surface area contributed by atoms with Crippen LogP contribution in [0.4, 0.5) is 10.5 Å². The van der Waals surface area contributed by atoms with E-state index < -0.39 is 6.03 Å². The van der Waals surface area contributed by atoms with Crippen LogP contribution in [0.15, 0.2) is 18.3 Å². The Bertz CT molecular complexity index is 625. The zero-order valence-electron chi connectivity index (χ0n) is 9.97. The number of fused-ring (bicyclic) bond motifs is 1. The van der Waals surface area contributed by atoms with Crippen molar-refractivity contribution in [1.82, 2.24) is 15.6 Å². The number of pyridine rings is 1. The molecule has 6 N–H and O–H groups in total. The molecule has 7 nitrogen and oxygen atoms in total. The Kier molecular flexibility index (Phi) is 3.81. The monoisotopic (exact) mass is 279 g/mol. The maximum Gasteiger partial charge on any atom is 0.312 e. The van der Waals surface area contributed by atoms with Gasteiger partial charge in [-0.25, -0.2) is 4.79 Å². The maximum absolute atomic E-state index is 11.9.